The van der Waals surface area contributed by atoms with Crippen LogP contribution in [0.1, 0.15) is 129 Å². The van der Waals surface area contributed by atoms with Crippen molar-refractivity contribution < 1.29 is 89.4 Å². The number of rotatable bonds is 30. The molecule has 3 heterocycles. The summed E-state index contributed by atoms with van der Waals surface area (Å²) >= 11 is 0. The summed E-state index contributed by atoms with van der Waals surface area (Å²) in [5, 5.41) is 119. The Morgan fingerprint density at radius 1 is 0.525 bits per heavy atom. The second-order valence-corrected chi connectivity index (χ2v) is 16.9. The number of unbranched alkanes of at least 4 members (excludes halogenated alkanes) is 14. The third-order valence-corrected chi connectivity index (χ3v) is 11.9. The molecular weight excluding hydrogens is 806 g/mol. The Labute approximate surface area is 360 Å². The van der Waals surface area contributed by atoms with E-state index in [9.17, 15) is 61.0 Å². The lowest BCUT2D eigenvalue weighted by atomic mass is 9.96. The van der Waals surface area contributed by atoms with Gasteiger partial charge in [0.1, 0.15) is 73.2 Å². The molecule has 1 amide bonds. The van der Waals surface area contributed by atoms with Gasteiger partial charge in [0.25, 0.3) is 0 Å². The summed E-state index contributed by atoms with van der Waals surface area (Å²) in [6, 6.07) is -0.874. The zero-order valence-corrected chi connectivity index (χ0v) is 36.1. The first-order valence-electron chi connectivity index (χ1n) is 22.8. The Balaban J connectivity index is 1.60. The Kier molecular flexibility index (Phi) is 26.0. The summed E-state index contributed by atoms with van der Waals surface area (Å²) in [6.07, 6.45) is -8.68. The number of carbonyl (C=O) groups is 1. The number of hydrogen-bond donors (Lipinski definition) is 12. The molecule has 360 valence electrons. The smallest absolute Gasteiger partial charge is 0.220 e. The van der Waals surface area contributed by atoms with Gasteiger partial charge in [-0.25, -0.2) is 0 Å². The molecule has 17 unspecified atom stereocenters. The van der Waals surface area contributed by atoms with Crippen LogP contribution in [-0.2, 0) is 33.2 Å². The zero-order chi connectivity index (χ0) is 44.9. The third kappa shape index (κ3) is 16.9. The Hall–Kier alpha value is -1.21. The number of carbonyl (C=O) groups excluding carboxylic acids is 1. The maximum absolute atomic E-state index is 13.0. The summed E-state index contributed by atoms with van der Waals surface area (Å²) in [5.41, 5.74) is 0. The Morgan fingerprint density at radius 2 is 0.934 bits per heavy atom. The minimum Gasteiger partial charge on any atom is -0.394 e. The number of hydrogen-bond acceptors (Lipinski definition) is 18. The van der Waals surface area contributed by atoms with E-state index < -0.39 is 124 Å². The molecule has 0 radical (unpaired) electrons. The van der Waals surface area contributed by atoms with E-state index in [-0.39, 0.29) is 18.9 Å². The second kappa shape index (κ2) is 29.4. The van der Waals surface area contributed by atoms with E-state index in [4.69, 9.17) is 28.4 Å². The van der Waals surface area contributed by atoms with Crippen molar-refractivity contribution in [3.63, 3.8) is 0 Å². The number of aliphatic hydroxyl groups excluding tert-OH is 11. The first-order valence-corrected chi connectivity index (χ1v) is 22.8. The van der Waals surface area contributed by atoms with Gasteiger partial charge in [-0.05, 0) is 12.8 Å². The van der Waals surface area contributed by atoms with Gasteiger partial charge in [-0.3, -0.25) is 4.79 Å². The van der Waals surface area contributed by atoms with Gasteiger partial charge in [-0.1, -0.05) is 110 Å². The van der Waals surface area contributed by atoms with Gasteiger partial charge in [0.15, 0.2) is 18.9 Å². The van der Waals surface area contributed by atoms with Gasteiger partial charge >= 0.3 is 0 Å². The van der Waals surface area contributed by atoms with Gasteiger partial charge in [-0.2, -0.15) is 0 Å². The van der Waals surface area contributed by atoms with Crippen LogP contribution in [0.4, 0.5) is 0 Å². The van der Waals surface area contributed by atoms with E-state index in [1.54, 1.807) is 0 Å². The average molecular weight is 886 g/mol. The summed E-state index contributed by atoms with van der Waals surface area (Å²) in [7, 11) is 0. The van der Waals surface area contributed by atoms with E-state index in [0.29, 0.717) is 12.8 Å². The van der Waals surface area contributed by atoms with Gasteiger partial charge < -0.3 is 89.9 Å². The molecule has 19 heteroatoms. The van der Waals surface area contributed by atoms with Crippen molar-refractivity contribution in [1.29, 1.82) is 0 Å². The van der Waals surface area contributed by atoms with Crippen molar-refractivity contribution in [2.45, 2.75) is 234 Å². The number of amides is 1. The molecule has 3 fully saturated rings. The van der Waals surface area contributed by atoms with E-state index in [2.05, 4.69) is 19.2 Å². The highest BCUT2D eigenvalue weighted by Crippen LogP contribution is 2.33. The minimum absolute atomic E-state index is 0.253. The third-order valence-electron chi connectivity index (χ3n) is 11.9. The van der Waals surface area contributed by atoms with E-state index in [0.717, 1.165) is 44.9 Å². The molecule has 3 saturated heterocycles. The van der Waals surface area contributed by atoms with Crippen molar-refractivity contribution in [3.8, 4) is 0 Å². The number of ether oxygens (including phenoxy) is 6. The standard InChI is InChI=1S/C42H79NO18/c1-3-5-7-9-11-13-15-17-19-26(47)25(43-30(48)20-18-16-14-12-10-8-6-4-2)24-56-40-36(54)33(51)38(28(22-45)58-40)61-42-37(55)34(52)39(29(23-46)59-42)60-41-35(53)32(50)31(49)27(21-44)57-41/h25-29,31-42,44-47,49-55H,3-24H2,1-2H3,(H,43,48). The average Bonchev–Trinajstić information content (AvgIpc) is 3.25. The molecule has 0 bridgehead atoms. The molecule has 3 aliphatic heterocycles. The number of aliphatic hydroxyl groups is 11. The predicted molar refractivity (Wildman–Crippen MR) is 217 cm³/mol. The molecule has 0 aromatic rings. The first-order chi connectivity index (χ1) is 29.3. The van der Waals surface area contributed by atoms with Crippen LogP contribution in [0.15, 0.2) is 0 Å². The van der Waals surface area contributed by atoms with Crippen molar-refractivity contribution in [1.82, 2.24) is 5.32 Å². The topological polar surface area (TPSA) is 307 Å². The van der Waals surface area contributed by atoms with Crippen LogP contribution in [0, 0.1) is 0 Å². The lowest BCUT2D eigenvalue weighted by Crippen LogP contribution is -2.66. The quantitative estimate of drug-likeness (QED) is 0.0399. The monoisotopic (exact) mass is 886 g/mol. The summed E-state index contributed by atoms with van der Waals surface area (Å²) in [4.78, 5) is 13.0. The molecule has 12 N–H and O–H groups in total. The maximum Gasteiger partial charge on any atom is 0.220 e. The van der Waals surface area contributed by atoms with Crippen LogP contribution in [0.5, 0.6) is 0 Å². The van der Waals surface area contributed by atoms with Crippen LogP contribution >= 0.6 is 0 Å². The summed E-state index contributed by atoms with van der Waals surface area (Å²) < 4.78 is 34.0. The zero-order valence-electron chi connectivity index (χ0n) is 36.1. The van der Waals surface area contributed by atoms with Crippen molar-refractivity contribution in [2.24, 2.45) is 0 Å². The lowest BCUT2D eigenvalue weighted by Gasteiger charge is -2.48. The fourth-order valence-corrected chi connectivity index (χ4v) is 8.02. The van der Waals surface area contributed by atoms with Crippen LogP contribution in [0.2, 0.25) is 0 Å². The van der Waals surface area contributed by atoms with Gasteiger partial charge in [0.05, 0.1) is 38.6 Å². The molecule has 0 aliphatic carbocycles. The van der Waals surface area contributed by atoms with E-state index >= 15 is 0 Å². The highest BCUT2D eigenvalue weighted by atomic mass is 16.8. The van der Waals surface area contributed by atoms with E-state index in [1.165, 1.54) is 51.4 Å². The van der Waals surface area contributed by atoms with Crippen LogP contribution < -0.4 is 5.32 Å². The lowest BCUT2D eigenvalue weighted by molar-refractivity contribution is -0.379. The largest absolute Gasteiger partial charge is 0.394 e. The molecule has 17 atom stereocenters. The normalized spacial score (nSPS) is 35.5. The number of nitrogens with one attached hydrogen (secondary N) is 1. The van der Waals surface area contributed by atoms with Crippen molar-refractivity contribution in [3.05, 3.63) is 0 Å². The fourth-order valence-electron chi connectivity index (χ4n) is 8.02. The van der Waals surface area contributed by atoms with Crippen molar-refractivity contribution in [2.75, 3.05) is 26.4 Å². The molecule has 3 rings (SSSR count). The second-order valence-electron chi connectivity index (χ2n) is 16.9. The van der Waals surface area contributed by atoms with E-state index in [1.807, 2.05) is 0 Å². The molecule has 3 aliphatic rings. The van der Waals surface area contributed by atoms with Gasteiger partial charge in [-0.15, -0.1) is 0 Å². The molecule has 0 spiro atoms. The maximum atomic E-state index is 13.0. The van der Waals surface area contributed by atoms with Crippen molar-refractivity contribution >= 4 is 5.91 Å². The predicted octanol–water partition coefficient (Wildman–Crippen LogP) is -0.641. The fraction of sp³-hybridized carbons (Fsp3) is 0.976. The minimum atomic E-state index is -1.96. The highest BCUT2D eigenvalue weighted by Gasteiger charge is 2.53. The summed E-state index contributed by atoms with van der Waals surface area (Å²) in [6.45, 7) is 1.65. The van der Waals surface area contributed by atoms with Crippen LogP contribution in [0.25, 0.3) is 0 Å². The van der Waals surface area contributed by atoms with Crippen LogP contribution in [-0.4, -0.2) is 193 Å². The molecule has 0 aromatic carbocycles. The SMILES string of the molecule is CCCCCCCCCCC(=O)NC(COC1OC(CO)C(OC2OC(CO)C(OC3OC(CO)C(O)C(O)C3O)C(O)C2O)C(O)C1O)C(O)CCCCCCCCCC. The molecular formula is C42H79NO18. The highest BCUT2D eigenvalue weighted by molar-refractivity contribution is 5.76. The summed E-state index contributed by atoms with van der Waals surface area (Å²) in [5.74, 6) is -0.253. The van der Waals surface area contributed by atoms with Gasteiger partial charge in [0.2, 0.25) is 5.91 Å². The molecule has 19 nitrogen and oxygen atoms in total. The Morgan fingerprint density at radius 3 is 1.43 bits per heavy atom. The first kappa shape index (κ1) is 54.1. The molecule has 61 heavy (non-hydrogen) atoms. The Bertz CT molecular complexity index is 1160. The van der Waals surface area contributed by atoms with Gasteiger partial charge in [0, 0.05) is 6.42 Å². The van der Waals surface area contributed by atoms with Crippen LogP contribution in [0.3, 0.4) is 0 Å². The molecule has 0 saturated carbocycles. The molecule has 0 aromatic heterocycles.